The lowest BCUT2D eigenvalue weighted by Gasteiger charge is -1.92. The van der Waals surface area contributed by atoms with E-state index in [0.29, 0.717) is 5.13 Å². The molecule has 74 valence electrons. The third kappa shape index (κ3) is 3.49. The molecule has 1 rings (SSSR count). The largest absolute Gasteiger partial charge is 0.297 e. The first-order valence-corrected chi connectivity index (χ1v) is 4.94. The lowest BCUT2D eigenvalue weighted by Crippen LogP contribution is -2.07. The minimum atomic E-state index is -0.195. The summed E-state index contributed by atoms with van der Waals surface area (Å²) in [4.78, 5) is 11.2. The number of nitrogens with one attached hydrogen (secondary N) is 1. The fourth-order valence-electron chi connectivity index (χ4n) is 0.748. The number of amides is 1. The molecule has 14 heavy (non-hydrogen) atoms. The summed E-state index contributed by atoms with van der Waals surface area (Å²) >= 11 is 1.35. The van der Waals surface area contributed by atoms with E-state index in [2.05, 4.69) is 15.5 Å². The molecule has 0 unspecified atom stereocenters. The van der Waals surface area contributed by atoms with Crippen LogP contribution in [-0.4, -0.2) is 16.1 Å². The van der Waals surface area contributed by atoms with E-state index in [1.54, 1.807) is 12.2 Å². The van der Waals surface area contributed by atoms with Crippen molar-refractivity contribution < 1.29 is 4.79 Å². The minimum absolute atomic E-state index is 0.195. The van der Waals surface area contributed by atoms with E-state index in [1.165, 1.54) is 17.4 Å². The van der Waals surface area contributed by atoms with Gasteiger partial charge in [-0.2, -0.15) is 0 Å². The van der Waals surface area contributed by atoms with Crippen LogP contribution in [0.4, 0.5) is 5.13 Å². The molecule has 0 aliphatic carbocycles. The molecule has 1 aromatic heterocycles. The summed E-state index contributed by atoms with van der Waals surface area (Å²) in [6, 6.07) is 0. The van der Waals surface area contributed by atoms with Crippen LogP contribution in [0.15, 0.2) is 24.3 Å². The number of carbonyl (C=O) groups is 1. The van der Waals surface area contributed by atoms with Crippen LogP contribution in [0.3, 0.4) is 0 Å². The second-order valence-corrected chi connectivity index (χ2v) is 3.68. The molecule has 0 aromatic carbocycles. The molecular formula is C9H11N3OS. The summed E-state index contributed by atoms with van der Waals surface area (Å²) in [5.41, 5.74) is 0. The Morgan fingerprint density at radius 1 is 1.43 bits per heavy atom. The SMILES string of the molecule is CC=CC=CC(=O)Nc1nnc(C)s1. The van der Waals surface area contributed by atoms with Gasteiger partial charge in [0.05, 0.1) is 0 Å². The van der Waals surface area contributed by atoms with E-state index in [9.17, 15) is 4.79 Å². The number of aromatic nitrogens is 2. The van der Waals surface area contributed by atoms with Gasteiger partial charge in [0.1, 0.15) is 5.01 Å². The number of nitrogens with zero attached hydrogens (tertiary/aromatic N) is 2. The Morgan fingerprint density at radius 2 is 2.21 bits per heavy atom. The zero-order valence-electron chi connectivity index (χ0n) is 8.02. The molecule has 0 atom stereocenters. The standard InChI is InChI=1S/C9H11N3OS/c1-3-4-5-6-8(13)10-9-12-11-7(2)14-9/h3-6H,1-2H3,(H,10,12,13). The topological polar surface area (TPSA) is 54.9 Å². The average Bonchev–Trinajstić information content (AvgIpc) is 2.52. The van der Waals surface area contributed by atoms with Crippen molar-refractivity contribution in [3.05, 3.63) is 29.3 Å². The fourth-order valence-corrected chi connectivity index (χ4v) is 1.34. The molecule has 1 aromatic rings. The minimum Gasteiger partial charge on any atom is -0.297 e. The van der Waals surface area contributed by atoms with E-state index < -0.39 is 0 Å². The Labute approximate surface area is 86.4 Å². The van der Waals surface area contributed by atoms with Gasteiger partial charge >= 0.3 is 0 Å². The van der Waals surface area contributed by atoms with Crippen LogP contribution < -0.4 is 5.32 Å². The second-order valence-electron chi connectivity index (χ2n) is 2.50. The molecule has 1 amide bonds. The van der Waals surface area contributed by atoms with Gasteiger partial charge in [-0.3, -0.25) is 10.1 Å². The fraction of sp³-hybridized carbons (Fsp3) is 0.222. The molecule has 0 aliphatic rings. The van der Waals surface area contributed by atoms with Crippen LogP contribution in [0.25, 0.3) is 0 Å². The summed E-state index contributed by atoms with van der Waals surface area (Å²) < 4.78 is 0. The van der Waals surface area contributed by atoms with Crippen LogP contribution in [0.5, 0.6) is 0 Å². The van der Waals surface area contributed by atoms with Crippen molar-refractivity contribution in [2.75, 3.05) is 5.32 Å². The number of hydrogen-bond acceptors (Lipinski definition) is 4. The van der Waals surface area contributed by atoms with E-state index in [1.807, 2.05) is 19.9 Å². The maximum absolute atomic E-state index is 11.2. The average molecular weight is 209 g/mol. The van der Waals surface area contributed by atoms with Crippen molar-refractivity contribution in [2.24, 2.45) is 0 Å². The van der Waals surface area contributed by atoms with Gasteiger partial charge in [-0.05, 0) is 13.8 Å². The van der Waals surface area contributed by atoms with Gasteiger partial charge in [-0.1, -0.05) is 29.6 Å². The molecule has 0 radical (unpaired) electrons. The summed E-state index contributed by atoms with van der Waals surface area (Å²) in [7, 11) is 0. The number of rotatable bonds is 3. The first-order chi connectivity index (χ1) is 6.72. The quantitative estimate of drug-likeness (QED) is 0.611. The van der Waals surface area contributed by atoms with Crippen molar-refractivity contribution in [2.45, 2.75) is 13.8 Å². The monoisotopic (exact) mass is 209 g/mol. The molecular weight excluding hydrogens is 198 g/mol. The molecule has 0 aliphatic heterocycles. The van der Waals surface area contributed by atoms with E-state index >= 15 is 0 Å². The number of anilines is 1. The van der Waals surface area contributed by atoms with Gasteiger partial charge in [-0.15, -0.1) is 10.2 Å². The molecule has 0 saturated carbocycles. The lowest BCUT2D eigenvalue weighted by atomic mass is 10.4. The van der Waals surface area contributed by atoms with Gasteiger partial charge in [-0.25, -0.2) is 0 Å². The van der Waals surface area contributed by atoms with Gasteiger partial charge in [0.2, 0.25) is 11.0 Å². The van der Waals surface area contributed by atoms with Crippen LogP contribution >= 0.6 is 11.3 Å². The van der Waals surface area contributed by atoms with Gasteiger partial charge < -0.3 is 0 Å². The highest BCUT2D eigenvalue weighted by Gasteiger charge is 2.01. The Hall–Kier alpha value is -1.49. The zero-order valence-corrected chi connectivity index (χ0v) is 8.84. The number of hydrogen-bond donors (Lipinski definition) is 1. The van der Waals surface area contributed by atoms with Crippen molar-refractivity contribution in [1.82, 2.24) is 10.2 Å². The molecule has 5 heteroatoms. The lowest BCUT2D eigenvalue weighted by molar-refractivity contribution is -0.111. The zero-order chi connectivity index (χ0) is 10.4. The summed E-state index contributed by atoms with van der Waals surface area (Å²) in [5, 5.41) is 11.5. The Balaban J connectivity index is 2.49. The Bertz CT molecular complexity index is 368. The number of carbonyl (C=O) groups excluding carboxylic acids is 1. The van der Waals surface area contributed by atoms with Gasteiger partial charge in [0.15, 0.2) is 0 Å². The number of aryl methyl sites for hydroxylation is 1. The molecule has 0 fully saturated rings. The normalized spacial score (nSPS) is 11.3. The highest BCUT2D eigenvalue weighted by molar-refractivity contribution is 7.15. The number of allylic oxidation sites excluding steroid dienone is 3. The Kier molecular flexibility index (Phi) is 4.00. The Morgan fingerprint density at radius 3 is 2.79 bits per heavy atom. The predicted molar refractivity (Wildman–Crippen MR) is 57.2 cm³/mol. The van der Waals surface area contributed by atoms with Gasteiger partial charge in [0.25, 0.3) is 0 Å². The van der Waals surface area contributed by atoms with E-state index in [4.69, 9.17) is 0 Å². The van der Waals surface area contributed by atoms with Crippen LogP contribution in [0.2, 0.25) is 0 Å². The van der Waals surface area contributed by atoms with Crippen molar-refractivity contribution >= 4 is 22.4 Å². The highest BCUT2D eigenvalue weighted by atomic mass is 32.1. The summed E-state index contributed by atoms with van der Waals surface area (Å²) in [5.74, 6) is -0.195. The smallest absolute Gasteiger partial charge is 0.250 e. The third-order valence-corrected chi connectivity index (χ3v) is 2.06. The molecule has 1 N–H and O–H groups in total. The van der Waals surface area contributed by atoms with Crippen molar-refractivity contribution in [3.63, 3.8) is 0 Å². The molecule has 0 spiro atoms. The first-order valence-electron chi connectivity index (χ1n) is 4.13. The van der Waals surface area contributed by atoms with Crippen LogP contribution in [0, 0.1) is 6.92 Å². The summed E-state index contributed by atoms with van der Waals surface area (Å²) in [6.07, 6.45) is 6.74. The van der Waals surface area contributed by atoms with Crippen molar-refractivity contribution in [1.29, 1.82) is 0 Å². The maximum Gasteiger partial charge on any atom is 0.250 e. The molecule has 4 nitrogen and oxygen atoms in total. The maximum atomic E-state index is 11.2. The van der Waals surface area contributed by atoms with Crippen molar-refractivity contribution in [3.8, 4) is 0 Å². The van der Waals surface area contributed by atoms with Gasteiger partial charge in [0, 0.05) is 6.08 Å². The third-order valence-electron chi connectivity index (χ3n) is 1.31. The predicted octanol–water partition coefficient (Wildman–Crippen LogP) is 1.92. The first kappa shape index (κ1) is 10.6. The summed E-state index contributed by atoms with van der Waals surface area (Å²) in [6.45, 7) is 3.72. The molecule has 1 heterocycles. The highest BCUT2D eigenvalue weighted by Crippen LogP contribution is 2.13. The molecule has 0 bridgehead atoms. The molecule has 0 saturated heterocycles. The van der Waals surface area contributed by atoms with Crippen LogP contribution in [-0.2, 0) is 4.79 Å². The second kappa shape index (κ2) is 5.29. The van der Waals surface area contributed by atoms with E-state index in [-0.39, 0.29) is 5.91 Å². The van der Waals surface area contributed by atoms with E-state index in [0.717, 1.165) is 5.01 Å². The van der Waals surface area contributed by atoms with Crippen LogP contribution in [0.1, 0.15) is 11.9 Å².